The highest BCUT2D eigenvalue weighted by Crippen LogP contribution is 1.86. The van der Waals surface area contributed by atoms with Crippen LogP contribution in [0.25, 0.3) is 0 Å². The van der Waals surface area contributed by atoms with Crippen molar-refractivity contribution in [2.75, 3.05) is 40.1 Å². The van der Waals surface area contributed by atoms with E-state index in [9.17, 15) is 0 Å². The predicted octanol–water partition coefficient (Wildman–Crippen LogP) is 0.949. The Bertz CT molecular complexity index is 74.5. The van der Waals surface area contributed by atoms with Gasteiger partial charge in [-0.25, -0.2) is 0 Å². The number of methoxy groups -OCH3 is 1. The van der Waals surface area contributed by atoms with Crippen molar-refractivity contribution in [3.8, 4) is 0 Å². The zero-order chi connectivity index (χ0) is 8.53. The van der Waals surface area contributed by atoms with Crippen molar-refractivity contribution in [1.82, 2.24) is 4.90 Å². The summed E-state index contributed by atoms with van der Waals surface area (Å²) in [5.41, 5.74) is 0. The molecular weight excluding hydrogens is 142 g/mol. The van der Waals surface area contributed by atoms with Crippen molar-refractivity contribution >= 4 is 0 Å². The van der Waals surface area contributed by atoms with E-state index in [1.165, 1.54) is 0 Å². The van der Waals surface area contributed by atoms with E-state index < -0.39 is 0 Å². The van der Waals surface area contributed by atoms with Crippen molar-refractivity contribution in [3.05, 3.63) is 0 Å². The van der Waals surface area contributed by atoms with E-state index in [1.54, 1.807) is 7.11 Å². The highest BCUT2D eigenvalue weighted by Gasteiger charge is 1.96. The van der Waals surface area contributed by atoms with Gasteiger partial charge in [0.25, 0.3) is 0 Å². The fourth-order valence-electron chi connectivity index (χ4n) is 0.876. The Morgan fingerprint density at radius 1 is 1.18 bits per heavy atom. The lowest BCUT2D eigenvalue weighted by Crippen LogP contribution is -2.27. The first-order valence-corrected chi connectivity index (χ1v) is 4.14. The average molecular weight is 161 g/mol. The Labute approximate surface area is 69.3 Å². The zero-order valence-corrected chi connectivity index (χ0v) is 7.80. The smallest absolute Gasteiger partial charge is 0.146 e. The zero-order valence-electron chi connectivity index (χ0n) is 7.80. The van der Waals surface area contributed by atoms with Gasteiger partial charge in [-0.2, -0.15) is 0 Å². The molecule has 11 heavy (non-hydrogen) atoms. The summed E-state index contributed by atoms with van der Waals surface area (Å²) in [5, 5.41) is 0. The molecule has 3 nitrogen and oxygen atoms in total. The van der Waals surface area contributed by atoms with Crippen LogP contribution >= 0.6 is 0 Å². The van der Waals surface area contributed by atoms with Crippen LogP contribution in [0.1, 0.15) is 13.8 Å². The van der Waals surface area contributed by atoms with Gasteiger partial charge in [0.1, 0.15) is 6.79 Å². The van der Waals surface area contributed by atoms with E-state index in [0.29, 0.717) is 6.79 Å². The molecule has 0 bridgehead atoms. The summed E-state index contributed by atoms with van der Waals surface area (Å²) in [4.78, 5) is 2.32. The second kappa shape index (κ2) is 7.98. The minimum absolute atomic E-state index is 0.404. The fourth-order valence-corrected chi connectivity index (χ4v) is 0.876. The van der Waals surface area contributed by atoms with E-state index in [2.05, 4.69) is 18.7 Å². The van der Waals surface area contributed by atoms with Gasteiger partial charge in [-0.3, -0.25) is 0 Å². The quantitative estimate of drug-likeness (QED) is 0.410. The van der Waals surface area contributed by atoms with Gasteiger partial charge < -0.3 is 14.4 Å². The molecule has 0 fully saturated rings. The first kappa shape index (κ1) is 10.9. The molecule has 0 amide bonds. The fraction of sp³-hybridized carbons (Fsp3) is 1.00. The van der Waals surface area contributed by atoms with E-state index in [0.717, 1.165) is 26.2 Å². The molecule has 0 saturated heterocycles. The van der Waals surface area contributed by atoms with Crippen molar-refractivity contribution in [2.24, 2.45) is 0 Å². The number of hydrogen-bond acceptors (Lipinski definition) is 3. The number of hydrogen-bond donors (Lipinski definition) is 0. The van der Waals surface area contributed by atoms with Gasteiger partial charge in [0.15, 0.2) is 0 Å². The molecule has 0 saturated carbocycles. The molecule has 68 valence electrons. The van der Waals surface area contributed by atoms with Crippen molar-refractivity contribution in [1.29, 1.82) is 0 Å². The summed E-state index contributed by atoms with van der Waals surface area (Å²) in [6.07, 6.45) is 0. The Morgan fingerprint density at radius 2 is 1.82 bits per heavy atom. The third-order valence-corrected chi connectivity index (χ3v) is 1.65. The molecular formula is C8H19NO2. The lowest BCUT2D eigenvalue weighted by atomic mass is 10.5. The Morgan fingerprint density at radius 3 is 2.27 bits per heavy atom. The van der Waals surface area contributed by atoms with Crippen LogP contribution in [0.15, 0.2) is 0 Å². The second-order valence-corrected chi connectivity index (χ2v) is 2.34. The summed E-state index contributed by atoms with van der Waals surface area (Å²) in [7, 11) is 1.64. The largest absolute Gasteiger partial charge is 0.359 e. The third kappa shape index (κ3) is 6.28. The van der Waals surface area contributed by atoms with Gasteiger partial charge in [0.05, 0.1) is 6.61 Å². The summed E-state index contributed by atoms with van der Waals surface area (Å²) in [5.74, 6) is 0. The molecule has 0 aliphatic carbocycles. The molecule has 0 heterocycles. The standard InChI is InChI=1S/C8H19NO2/c1-4-9(5-2)6-7-11-8-10-3/h4-8H2,1-3H3. The van der Waals surface area contributed by atoms with Gasteiger partial charge in [0.2, 0.25) is 0 Å². The molecule has 0 aliphatic heterocycles. The Balaban J connectivity index is 3.07. The third-order valence-electron chi connectivity index (χ3n) is 1.65. The lowest BCUT2D eigenvalue weighted by molar-refractivity contribution is -0.0359. The summed E-state index contributed by atoms with van der Waals surface area (Å²) in [6, 6.07) is 0. The van der Waals surface area contributed by atoms with E-state index in [1.807, 2.05) is 0 Å². The van der Waals surface area contributed by atoms with E-state index in [-0.39, 0.29) is 0 Å². The molecule has 0 atom stereocenters. The first-order valence-electron chi connectivity index (χ1n) is 4.14. The van der Waals surface area contributed by atoms with E-state index >= 15 is 0 Å². The molecule has 0 rings (SSSR count). The van der Waals surface area contributed by atoms with Gasteiger partial charge in [-0.15, -0.1) is 0 Å². The first-order chi connectivity index (χ1) is 5.35. The molecule has 0 spiro atoms. The number of ether oxygens (including phenoxy) is 2. The van der Waals surface area contributed by atoms with Crippen molar-refractivity contribution in [3.63, 3.8) is 0 Å². The van der Waals surface area contributed by atoms with Gasteiger partial charge in [-0.1, -0.05) is 13.8 Å². The normalized spacial score (nSPS) is 10.9. The Hall–Kier alpha value is -0.120. The minimum Gasteiger partial charge on any atom is -0.359 e. The van der Waals surface area contributed by atoms with Crippen LogP contribution < -0.4 is 0 Å². The topological polar surface area (TPSA) is 21.7 Å². The van der Waals surface area contributed by atoms with Crippen LogP contribution in [0.2, 0.25) is 0 Å². The van der Waals surface area contributed by atoms with Gasteiger partial charge >= 0.3 is 0 Å². The average Bonchev–Trinajstić information content (AvgIpc) is 2.05. The summed E-state index contributed by atoms with van der Waals surface area (Å²) in [6.45, 7) is 8.65. The van der Waals surface area contributed by atoms with Crippen LogP contribution in [0.5, 0.6) is 0 Å². The van der Waals surface area contributed by atoms with Crippen molar-refractivity contribution in [2.45, 2.75) is 13.8 Å². The number of rotatable bonds is 7. The van der Waals surface area contributed by atoms with Crippen LogP contribution in [-0.4, -0.2) is 45.0 Å². The second-order valence-electron chi connectivity index (χ2n) is 2.34. The molecule has 0 aliphatic rings. The Kier molecular flexibility index (Phi) is 7.89. The molecule has 0 N–H and O–H groups in total. The lowest BCUT2D eigenvalue weighted by Gasteiger charge is -2.17. The number of nitrogens with zero attached hydrogens (tertiary/aromatic N) is 1. The maximum Gasteiger partial charge on any atom is 0.146 e. The molecule has 0 unspecified atom stereocenters. The van der Waals surface area contributed by atoms with Gasteiger partial charge in [-0.05, 0) is 13.1 Å². The number of likely N-dealkylation sites (N-methyl/N-ethyl adjacent to an activating group) is 1. The van der Waals surface area contributed by atoms with Gasteiger partial charge in [0, 0.05) is 13.7 Å². The van der Waals surface area contributed by atoms with Crippen LogP contribution in [-0.2, 0) is 9.47 Å². The molecule has 3 heteroatoms. The monoisotopic (exact) mass is 161 g/mol. The van der Waals surface area contributed by atoms with Crippen LogP contribution in [0.3, 0.4) is 0 Å². The van der Waals surface area contributed by atoms with Crippen LogP contribution in [0, 0.1) is 0 Å². The van der Waals surface area contributed by atoms with E-state index in [4.69, 9.17) is 9.47 Å². The molecule has 0 aromatic carbocycles. The summed E-state index contributed by atoms with van der Waals surface area (Å²) < 4.78 is 9.90. The van der Waals surface area contributed by atoms with Crippen molar-refractivity contribution < 1.29 is 9.47 Å². The maximum absolute atomic E-state index is 5.15. The molecule has 0 aromatic heterocycles. The predicted molar refractivity (Wildman–Crippen MR) is 45.6 cm³/mol. The minimum atomic E-state index is 0.404. The highest BCUT2D eigenvalue weighted by molar-refractivity contribution is 4.49. The highest BCUT2D eigenvalue weighted by atomic mass is 16.7. The van der Waals surface area contributed by atoms with Crippen LogP contribution in [0.4, 0.5) is 0 Å². The maximum atomic E-state index is 5.15. The SMILES string of the molecule is CCN(CC)CCOCOC. The summed E-state index contributed by atoms with van der Waals surface area (Å²) >= 11 is 0. The molecule has 0 radical (unpaired) electrons. The molecule has 0 aromatic rings.